The van der Waals surface area contributed by atoms with Crippen molar-refractivity contribution >= 4 is 27.6 Å². The summed E-state index contributed by atoms with van der Waals surface area (Å²) in [7, 11) is 1.86. The van der Waals surface area contributed by atoms with Gasteiger partial charge in [0.1, 0.15) is 6.54 Å². The van der Waals surface area contributed by atoms with Gasteiger partial charge in [-0.15, -0.1) is 0 Å². The van der Waals surface area contributed by atoms with Gasteiger partial charge in [0.2, 0.25) is 0 Å². The molecule has 0 amide bonds. The molecule has 0 unspecified atom stereocenters. The van der Waals surface area contributed by atoms with Crippen molar-refractivity contribution in [3.63, 3.8) is 0 Å². The van der Waals surface area contributed by atoms with Crippen LogP contribution in [0.3, 0.4) is 0 Å². The second-order valence-corrected chi connectivity index (χ2v) is 5.35. The molecule has 0 bridgehead atoms. The third-order valence-electron chi connectivity index (χ3n) is 3.05. The number of carbonyl (C=O) groups is 1. The first-order valence-electron chi connectivity index (χ1n) is 6.18. The number of aromatic nitrogens is 2. The van der Waals surface area contributed by atoms with E-state index in [4.69, 9.17) is 5.11 Å². The van der Waals surface area contributed by atoms with Crippen LogP contribution in [0.15, 0.2) is 34.8 Å². The number of anilines is 1. The van der Waals surface area contributed by atoms with Crippen LogP contribution in [0.1, 0.15) is 11.4 Å². The summed E-state index contributed by atoms with van der Waals surface area (Å²) in [6.45, 7) is 2.34. The maximum atomic E-state index is 11.1. The molecule has 0 aliphatic heterocycles. The fourth-order valence-corrected chi connectivity index (χ4v) is 2.53. The van der Waals surface area contributed by atoms with Gasteiger partial charge in [0.15, 0.2) is 0 Å². The molecule has 106 valence electrons. The molecule has 20 heavy (non-hydrogen) atoms. The molecular formula is C14H16BrN3O2. The quantitative estimate of drug-likeness (QED) is 0.910. The normalized spacial score (nSPS) is 10.6. The summed E-state index contributed by atoms with van der Waals surface area (Å²) >= 11 is 3.51. The lowest BCUT2D eigenvalue weighted by atomic mass is 10.2. The van der Waals surface area contributed by atoms with Gasteiger partial charge in [-0.3, -0.25) is 9.48 Å². The SMILES string of the molecule is Cc1nn(C)c(CN(CC(=O)O)c2ccccc2)c1Br. The molecule has 1 aromatic carbocycles. The number of nitrogens with zero attached hydrogens (tertiary/aromatic N) is 3. The van der Waals surface area contributed by atoms with Gasteiger partial charge in [-0.2, -0.15) is 5.10 Å². The van der Waals surface area contributed by atoms with Crippen molar-refractivity contribution in [2.75, 3.05) is 11.4 Å². The van der Waals surface area contributed by atoms with E-state index in [1.54, 1.807) is 4.68 Å². The second-order valence-electron chi connectivity index (χ2n) is 4.56. The highest BCUT2D eigenvalue weighted by molar-refractivity contribution is 9.10. The highest BCUT2D eigenvalue weighted by Gasteiger charge is 2.17. The number of hydrogen-bond donors (Lipinski definition) is 1. The van der Waals surface area contributed by atoms with Crippen LogP contribution >= 0.6 is 15.9 Å². The summed E-state index contributed by atoms with van der Waals surface area (Å²) in [5.41, 5.74) is 2.72. The van der Waals surface area contributed by atoms with Crippen molar-refractivity contribution in [2.24, 2.45) is 7.05 Å². The minimum atomic E-state index is -0.858. The number of rotatable bonds is 5. The van der Waals surface area contributed by atoms with Crippen LogP contribution in [0.4, 0.5) is 5.69 Å². The molecule has 0 radical (unpaired) electrons. The van der Waals surface area contributed by atoms with E-state index < -0.39 is 5.97 Å². The van der Waals surface area contributed by atoms with Gasteiger partial charge >= 0.3 is 5.97 Å². The number of aryl methyl sites for hydroxylation is 2. The Morgan fingerprint density at radius 2 is 2.05 bits per heavy atom. The zero-order valence-corrected chi connectivity index (χ0v) is 13.0. The number of halogens is 1. The molecule has 5 nitrogen and oxygen atoms in total. The molecule has 2 aromatic rings. The number of aliphatic carboxylic acids is 1. The number of hydrogen-bond acceptors (Lipinski definition) is 3. The van der Waals surface area contributed by atoms with Gasteiger partial charge in [-0.1, -0.05) is 18.2 Å². The predicted molar refractivity (Wildman–Crippen MR) is 80.8 cm³/mol. The molecule has 0 spiro atoms. The van der Waals surface area contributed by atoms with Crippen LogP contribution in [0, 0.1) is 6.92 Å². The van der Waals surface area contributed by atoms with E-state index in [-0.39, 0.29) is 6.54 Å². The largest absolute Gasteiger partial charge is 0.480 e. The lowest BCUT2D eigenvalue weighted by molar-refractivity contribution is -0.135. The van der Waals surface area contributed by atoms with Gasteiger partial charge < -0.3 is 10.0 Å². The first kappa shape index (κ1) is 14.6. The Labute approximate surface area is 126 Å². The highest BCUT2D eigenvalue weighted by atomic mass is 79.9. The topological polar surface area (TPSA) is 58.4 Å². The fraction of sp³-hybridized carbons (Fsp3) is 0.286. The van der Waals surface area contributed by atoms with Crippen molar-refractivity contribution in [1.29, 1.82) is 0 Å². The Hall–Kier alpha value is -1.82. The van der Waals surface area contributed by atoms with Crippen LogP contribution in [0.5, 0.6) is 0 Å². The molecule has 1 heterocycles. The molecular weight excluding hydrogens is 322 g/mol. The third-order valence-corrected chi connectivity index (χ3v) is 4.08. The Balaban J connectivity index is 2.31. The van der Waals surface area contributed by atoms with Gasteiger partial charge in [-0.25, -0.2) is 0 Å². The van der Waals surface area contributed by atoms with Crippen molar-refractivity contribution in [2.45, 2.75) is 13.5 Å². The molecule has 0 atom stereocenters. The van der Waals surface area contributed by atoms with Crippen molar-refractivity contribution in [1.82, 2.24) is 9.78 Å². The van der Waals surface area contributed by atoms with Gasteiger partial charge in [0.25, 0.3) is 0 Å². The van der Waals surface area contributed by atoms with Crippen molar-refractivity contribution in [3.8, 4) is 0 Å². The van der Waals surface area contributed by atoms with E-state index >= 15 is 0 Å². The standard InChI is InChI=1S/C14H16BrN3O2/c1-10-14(15)12(17(2)16-10)8-18(9-13(19)20)11-6-4-3-5-7-11/h3-7H,8-9H2,1-2H3,(H,19,20). The van der Waals surface area contributed by atoms with Crippen molar-refractivity contribution in [3.05, 3.63) is 46.2 Å². The predicted octanol–water partition coefficient (Wildman–Crippen LogP) is 2.58. The molecule has 6 heteroatoms. The number of benzene rings is 1. The Kier molecular flexibility index (Phi) is 4.44. The average molecular weight is 338 g/mol. The fourth-order valence-electron chi connectivity index (χ4n) is 2.07. The molecule has 0 fully saturated rings. The van der Waals surface area contributed by atoms with Crippen LogP contribution in [-0.2, 0) is 18.4 Å². The smallest absolute Gasteiger partial charge is 0.323 e. The molecule has 0 aliphatic carbocycles. The maximum absolute atomic E-state index is 11.1. The lowest BCUT2D eigenvalue weighted by Crippen LogP contribution is -2.30. The van der Waals surface area contributed by atoms with Crippen LogP contribution in [0.2, 0.25) is 0 Å². The Morgan fingerprint density at radius 1 is 1.40 bits per heavy atom. The van der Waals surface area contributed by atoms with Crippen molar-refractivity contribution < 1.29 is 9.90 Å². The number of carboxylic acids is 1. The summed E-state index contributed by atoms with van der Waals surface area (Å²) in [6.07, 6.45) is 0. The third kappa shape index (κ3) is 3.19. The summed E-state index contributed by atoms with van der Waals surface area (Å²) < 4.78 is 2.70. The Morgan fingerprint density at radius 3 is 2.55 bits per heavy atom. The van der Waals surface area contributed by atoms with Crippen LogP contribution < -0.4 is 4.90 Å². The second kappa shape index (κ2) is 6.09. The van der Waals surface area contributed by atoms with Crippen LogP contribution in [0.25, 0.3) is 0 Å². The van der Waals surface area contributed by atoms with E-state index in [2.05, 4.69) is 21.0 Å². The minimum Gasteiger partial charge on any atom is -0.480 e. The first-order chi connectivity index (χ1) is 9.49. The summed E-state index contributed by atoms with van der Waals surface area (Å²) in [5, 5.41) is 13.4. The zero-order chi connectivity index (χ0) is 14.7. The minimum absolute atomic E-state index is 0.0549. The zero-order valence-electron chi connectivity index (χ0n) is 11.4. The first-order valence-corrected chi connectivity index (χ1v) is 6.98. The Bertz CT molecular complexity index is 610. The molecule has 2 rings (SSSR count). The van der Waals surface area contributed by atoms with Gasteiger partial charge in [0.05, 0.1) is 22.4 Å². The van der Waals surface area contributed by atoms with E-state index in [0.29, 0.717) is 6.54 Å². The molecule has 1 aromatic heterocycles. The molecule has 0 saturated heterocycles. The van der Waals surface area contributed by atoms with Crippen LogP contribution in [-0.4, -0.2) is 27.4 Å². The number of carboxylic acid groups (broad SMARTS) is 1. The van der Waals surface area contributed by atoms with E-state index in [1.807, 2.05) is 49.2 Å². The molecule has 0 saturated carbocycles. The average Bonchev–Trinajstić information content (AvgIpc) is 2.65. The van der Waals surface area contributed by atoms with E-state index in [1.165, 1.54) is 0 Å². The van der Waals surface area contributed by atoms with E-state index in [9.17, 15) is 4.79 Å². The van der Waals surface area contributed by atoms with Gasteiger partial charge in [0, 0.05) is 12.7 Å². The monoisotopic (exact) mass is 337 g/mol. The van der Waals surface area contributed by atoms with Gasteiger partial charge in [-0.05, 0) is 35.0 Å². The highest BCUT2D eigenvalue weighted by Crippen LogP contribution is 2.24. The summed E-state index contributed by atoms with van der Waals surface area (Å²) in [6, 6.07) is 9.51. The molecule has 1 N–H and O–H groups in total. The summed E-state index contributed by atoms with van der Waals surface area (Å²) in [5.74, 6) is -0.858. The molecule has 0 aliphatic rings. The summed E-state index contributed by atoms with van der Waals surface area (Å²) in [4.78, 5) is 12.9. The lowest BCUT2D eigenvalue weighted by Gasteiger charge is -2.23. The number of para-hydroxylation sites is 1. The van der Waals surface area contributed by atoms with E-state index in [0.717, 1.165) is 21.5 Å². The maximum Gasteiger partial charge on any atom is 0.323 e.